The number of nitrogens with zero attached hydrogens (tertiary/aromatic N) is 1. The van der Waals surface area contributed by atoms with Crippen molar-refractivity contribution in [3.63, 3.8) is 0 Å². The number of benzene rings is 1. The number of alkyl halides is 3. The summed E-state index contributed by atoms with van der Waals surface area (Å²) in [6, 6.07) is 4.66. The van der Waals surface area contributed by atoms with Crippen LogP contribution in [0.25, 0.3) is 10.9 Å². The number of hydrogen-bond donors (Lipinski definition) is 0. The monoisotopic (exact) mass is 305 g/mol. The van der Waals surface area contributed by atoms with Crippen molar-refractivity contribution < 1.29 is 18.0 Å². The van der Waals surface area contributed by atoms with E-state index in [4.69, 9.17) is 0 Å². The average molecular weight is 306 g/mol. The van der Waals surface area contributed by atoms with Crippen molar-refractivity contribution >= 4 is 33.1 Å². The highest BCUT2D eigenvalue weighted by atomic mass is 79.9. The summed E-state index contributed by atoms with van der Waals surface area (Å²) in [6.45, 7) is 0. The minimum atomic E-state index is -4.55. The van der Waals surface area contributed by atoms with Crippen LogP contribution in [0, 0.1) is 0 Å². The van der Waals surface area contributed by atoms with Gasteiger partial charge in [0.05, 0.1) is 11.1 Å². The Morgan fingerprint density at radius 1 is 1.35 bits per heavy atom. The first kappa shape index (κ1) is 12.2. The first-order chi connectivity index (χ1) is 7.86. The Labute approximate surface area is 103 Å². The van der Waals surface area contributed by atoms with Gasteiger partial charge in [0.25, 0.3) is 0 Å². The van der Waals surface area contributed by atoms with Crippen LogP contribution in [0.1, 0.15) is 16.1 Å². The van der Waals surface area contributed by atoms with Gasteiger partial charge in [-0.05, 0) is 12.1 Å². The van der Waals surface area contributed by atoms with E-state index in [1.807, 2.05) is 0 Å². The molecule has 1 aromatic carbocycles. The molecule has 0 unspecified atom stereocenters. The maximum atomic E-state index is 12.8. The lowest BCUT2D eigenvalue weighted by molar-refractivity contribution is -0.143. The first-order valence-electron chi connectivity index (χ1n) is 4.66. The summed E-state index contributed by atoms with van der Waals surface area (Å²) in [5, 5.41) is 0.304. The van der Waals surface area contributed by atoms with Gasteiger partial charge < -0.3 is 4.57 Å². The van der Waals surface area contributed by atoms with Crippen LogP contribution in [-0.4, -0.2) is 10.9 Å². The molecule has 0 fully saturated rings. The predicted molar refractivity (Wildman–Crippen MR) is 61.0 cm³/mol. The average Bonchev–Trinajstić information content (AvgIpc) is 2.51. The summed E-state index contributed by atoms with van der Waals surface area (Å²) in [5.41, 5.74) is -0.864. The molecule has 0 aliphatic carbocycles. The maximum Gasteiger partial charge on any atom is 0.432 e. The fourth-order valence-electron chi connectivity index (χ4n) is 1.90. The maximum absolute atomic E-state index is 12.8. The van der Waals surface area contributed by atoms with Crippen molar-refractivity contribution in [2.24, 2.45) is 7.05 Å². The van der Waals surface area contributed by atoms with Crippen LogP contribution in [0.2, 0.25) is 0 Å². The van der Waals surface area contributed by atoms with Gasteiger partial charge in [-0.2, -0.15) is 13.2 Å². The van der Waals surface area contributed by atoms with Crippen LogP contribution in [0.5, 0.6) is 0 Å². The predicted octanol–water partition coefficient (Wildman–Crippen LogP) is 3.77. The summed E-state index contributed by atoms with van der Waals surface area (Å²) in [6.07, 6.45) is -4.30. The second-order valence-corrected chi connectivity index (χ2v) is 4.51. The van der Waals surface area contributed by atoms with Gasteiger partial charge in [0, 0.05) is 16.9 Å². The van der Waals surface area contributed by atoms with E-state index >= 15 is 0 Å². The molecule has 2 nitrogen and oxygen atoms in total. The lowest BCUT2D eigenvalue weighted by atomic mass is 10.1. The quantitative estimate of drug-likeness (QED) is 0.735. The molecule has 0 spiro atoms. The summed E-state index contributed by atoms with van der Waals surface area (Å²) in [4.78, 5) is 10.9. The van der Waals surface area contributed by atoms with Gasteiger partial charge in [0.15, 0.2) is 6.29 Å². The molecule has 1 aromatic heterocycles. The molecule has 0 aliphatic rings. The minimum Gasteiger partial charge on any atom is -0.339 e. The van der Waals surface area contributed by atoms with Crippen molar-refractivity contribution in [2.45, 2.75) is 6.18 Å². The molecule has 0 saturated carbocycles. The van der Waals surface area contributed by atoms with Gasteiger partial charge in [0.1, 0.15) is 5.69 Å². The summed E-state index contributed by atoms with van der Waals surface area (Å²) >= 11 is 3.19. The van der Waals surface area contributed by atoms with E-state index in [-0.39, 0.29) is 11.8 Å². The van der Waals surface area contributed by atoms with E-state index in [1.165, 1.54) is 13.1 Å². The molecular formula is C11H7BrF3NO. The molecule has 0 saturated heterocycles. The molecule has 2 rings (SSSR count). The fraction of sp³-hybridized carbons (Fsp3) is 0.182. The number of aldehydes is 1. The Bertz CT molecular complexity index is 601. The van der Waals surface area contributed by atoms with Crippen molar-refractivity contribution in [2.75, 3.05) is 0 Å². The van der Waals surface area contributed by atoms with Gasteiger partial charge in [0.2, 0.25) is 0 Å². The minimum absolute atomic E-state index is 0.249. The van der Waals surface area contributed by atoms with Gasteiger partial charge in [-0.25, -0.2) is 0 Å². The Balaban J connectivity index is 2.93. The Kier molecular flexibility index (Phi) is 2.77. The van der Waals surface area contributed by atoms with Gasteiger partial charge in [-0.15, -0.1) is 0 Å². The molecular weight excluding hydrogens is 299 g/mol. The Morgan fingerprint density at radius 2 is 2.00 bits per heavy atom. The molecule has 0 atom stereocenters. The molecule has 0 bridgehead atoms. The van der Waals surface area contributed by atoms with Crippen LogP contribution >= 0.6 is 15.9 Å². The molecule has 0 N–H and O–H groups in total. The molecule has 0 aliphatic heterocycles. The van der Waals surface area contributed by atoms with Gasteiger partial charge in [-0.3, -0.25) is 4.79 Å². The third kappa shape index (κ3) is 1.86. The van der Waals surface area contributed by atoms with Crippen LogP contribution in [0.3, 0.4) is 0 Å². The van der Waals surface area contributed by atoms with Crippen LogP contribution in [-0.2, 0) is 13.2 Å². The number of carbonyl (C=O) groups is 1. The van der Waals surface area contributed by atoms with Crippen LogP contribution in [0.4, 0.5) is 13.2 Å². The molecule has 0 radical (unpaired) electrons. The first-order valence-corrected chi connectivity index (χ1v) is 5.46. The Morgan fingerprint density at radius 3 is 2.53 bits per heavy atom. The standard InChI is InChI=1S/C11H7BrF3NO/c1-16-9-4-6(12)2-3-7(9)8(5-17)10(16)11(13,14)15/h2-5H,1H3. The van der Waals surface area contributed by atoms with E-state index in [0.717, 1.165) is 4.57 Å². The highest BCUT2D eigenvalue weighted by molar-refractivity contribution is 9.10. The molecule has 6 heteroatoms. The van der Waals surface area contributed by atoms with Gasteiger partial charge >= 0.3 is 6.18 Å². The van der Waals surface area contributed by atoms with E-state index in [9.17, 15) is 18.0 Å². The number of hydrogen-bond acceptors (Lipinski definition) is 1. The highest BCUT2D eigenvalue weighted by Gasteiger charge is 2.38. The largest absolute Gasteiger partial charge is 0.432 e. The third-order valence-corrected chi connectivity index (χ3v) is 3.08. The molecule has 1 heterocycles. The lowest BCUT2D eigenvalue weighted by Crippen LogP contribution is -2.13. The van der Waals surface area contributed by atoms with Crippen LogP contribution < -0.4 is 0 Å². The highest BCUT2D eigenvalue weighted by Crippen LogP contribution is 2.37. The normalized spacial score (nSPS) is 12.1. The number of carbonyl (C=O) groups excluding carboxylic acids is 1. The second-order valence-electron chi connectivity index (χ2n) is 3.60. The topological polar surface area (TPSA) is 22.0 Å². The molecule has 90 valence electrons. The fourth-order valence-corrected chi connectivity index (χ4v) is 2.25. The van der Waals surface area contributed by atoms with Crippen molar-refractivity contribution in [3.8, 4) is 0 Å². The molecule has 0 amide bonds. The summed E-state index contributed by atoms with van der Waals surface area (Å²) in [7, 11) is 1.30. The van der Waals surface area contributed by atoms with E-state index < -0.39 is 11.9 Å². The smallest absolute Gasteiger partial charge is 0.339 e. The summed E-state index contributed by atoms with van der Waals surface area (Å²) in [5.74, 6) is 0. The summed E-state index contributed by atoms with van der Waals surface area (Å²) < 4.78 is 40.2. The SMILES string of the molecule is Cn1c(C(F)(F)F)c(C=O)c2ccc(Br)cc21. The van der Waals surface area contributed by atoms with Crippen molar-refractivity contribution in [1.82, 2.24) is 4.57 Å². The number of halogens is 4. The molecule has 17 heavy (non-hydrogen) atoms. The zero-order valence-electron chi connectivity index (χ0n) is 8.68. The lowest BCUT2D eigenvalue weighted by Gasteiger charge is -2.08. The number of fused-ring (bicyclic) bond motifs is 1. The third-order valence-electron chi connectivity index (χ3n) is 2.59. The van der Waals surface area contributed by atoms with Gasteiger partial charge in [-0.1, -0.05) is 22.0 Å². The van der Waals surface area contributed by atoms with Crippen molar-refractivity contribution in [1.29, 1.82) is 0 Å². The number of aromatic nitrogens is 1. The number of aryl methyl sites for hydroxylation is 1. The number of rotatable bonds is 1. The zero-order valence-corrected chi connectivity index (χ0v) is 10.3. The second kappa shape index (κ2) is 3.87. The van der Waals surface area contributed by atoms with Crippen molar-refractivity contribution in [3.05, 3.63) is 33.9 Å². The van der Waals surface area contributed by atoms with E-state index in [2.05, 4.69) is 15.9 Å². The van der Waals surface area contributed by atoms with E-state index in [0.29, 0.717) is 15.4 Å². The molecule has 2 aromatic rings. The Hall–Kier alpha value is -1.30. The van der Waals surface area contributed by atoms with E-state index in [1.54, 1.807) is 12.1 Å². The zero-order chi connectivity index (χ0) is 12.8. The van der Waals surface area contributed by atoms with Crippen LogP contribution in [0.15, 0.2) is 22.7 Å².